The van der Waals surface area contributed by atoms with Gasteiger partial charge in [-0.3, -0.25) is 4.99 Å². The van der Waals surface area contributed by atoms with Gasteiger partial charge in [-0.25, -0.2) is 0 Å². The number of nitrogens with one attached hydrogen (secondary N) is 1. The molecule has 2 atom stereocenters. The van der Waals surface area contributed by atoms with Gasteiger partial charge >= 0.3 is 0 Å². The fourth-order valence-corrected chi connectivity index (χ4v) is 3.45. The summed E-state index contributed by atoms with van der Waals surface area (Å²) in [6.45, 7) is 4.50. The Labute approximate surface area is 180 Å². The van der Waals surface area contributed by atoms with Crippen LogP contribution >= 0.6 is 39.9 Å². The highest BCUT2D eigenvalue weighted by Crippen LogP contribution is 2.21. The molecule has 6 nitrogen and oxygen atoms in total. The molecule has 0 bridgehead atoms. The summed E-state index contributed by atoms with van der Waals surface area (Å²) in [5.41, 5.74) is 0. The highest BCUT2D eigenvalue weighted by molar-refractivity contribution is 14.0. The zero-order chi connectivity index (χ0) is 17.5. The molecule has 1 aromatic rings. The molecule has 2 aliphatic heterocycles. The largest absolute Gasteiger partial charge is 0.492 e. The first-order valence-electron chi connectivity index (χ1n) is 8.83. The maximum absolute atomic E-state index is 5.90. The summed E-state index contributed by atoms with van der Waals surface area (Å²) in [5, 5.41) is 3.38. The quantitative estimate of drug-likeness (QED) is 0.270. The number of morpholine rings is 1. The van der Waals surface area contributed by atoms with Crippen molar-refractivity contribution >= 4 is 45.9 Å². The minimum atomic E-state index is 0. The fraction of sp³-hybridized carbons (Fsp3) is 0.611. The lowest BCUT2D eigenvalue weighted by Crippen LogP contribution is -2.53. The van der Waals surface area contributed by atoms with Gasteiger partial charge in [-0.2, -0.15) is 0 Å². The van der Waals surface area contributed by atoms with Gasteiger partial charge in [-0.15, -0.1) is 24.0 Å². The van der Waals surface area contributed by atoms with Crippen LogP contribution in [0.5, 0.6) is 5.75 Å². The van der Waals surface area contributed by atoms with E-state index in [0.29, 0.717) is 19.8 Å². The number of ether oxygens (including phenoxy) is 3. The lowest BCUT2D eigenvalue weighted by molar-refractivity contribution is -0.0817. The monoisotopic (exact) mass is 539 g/mol. The molecule has 146 valence electrons. The van der Waals surface area contributed by atoms with E-state index < -0.39 is 0 Å². The van der Waals surface area contributed by atoms with E-state index in [1.807, 2.05) is 31.3 Å². The number of hydrogen-bond donors (Lipinski definition) is 1. The van der Waals surface area contributed by atoms with Crippen LogP contribution in [-0.2, 0) is 9.47 Å². The number of halogens is 2. The number of benzene rings is 1. The minimum absolute atomic E-state index is 0. The van der Waals surface area contributed by atoms with E-state index in [9.17, 15) is 0 Å². The van der Waals surface area contributed by atoms with Crippen LogP contribution in [0.1, 0.15) is 12.8 Å². The van der Waals surface area contributed by atoms with Crippen molar-refractivity contribution in [3.8, 4) is 5.75 Å². The molecule has 0 amide bonds. The van der Waals surface area contributed by atoms with Crippen molar-refractivity contribution in [3.05, 3.63) is 28.7 Å². The Kier molecular flexibility index (Phi) is 9.44. The Morgan fingerprint density at radius 3 is 2.73 bits per heavy atom. The average molecular weight is 540 g/mol. The Bertz CT molecular complexity index is 567. The van der Waals surface area contributed by atoms with Crippen LogP contribution in [0, 0.1) is 0 Å². The summed E-state index contributed by atoms with van der Waals surface area (Å²) in [5.74, 6) is 1.76. The second-order valence-corrected chi connectivity index (χ2v) is 7.10. The fourth-order valence-electron chi connectivity index (χ4n) is 3.18. The topological polar surface area (TPSA) is 55.3 Å². The third-order valence-corrected chi connectivity index (χ3v) is 4.98. The molecule has 0 spiro atoms. The van der Waals surface area contributed by atoms with Gasteiger partial charge in [0.05, 0.1) is 19.3 Å². The van der Waals surface area contributed by atoms with Gasteiger partial charge in [0, 0.05) is 31.2 Å². The first kappa shape index (κ1) is 21.7. The van der Waals surface area contributed by atoms with Crippen LogP contribution in [-0.4, -0.2) is 69.6 Å². The molecule has 1 aromatic carbocycles. The second kappa shape index (κ2) is 11.3. The third kappa shape index (κ3) is 6.24. The smallest absolute Gasteiger partial charge is 0.193 e. The molecule has 0 aliphatic carbocycles. The van der Waals surface area contributed by atoms with Crippen molar-refractivity contribution in [3.63, 3.8) is 0 Å². The van der Waals surface area contributed by atoms with Gasteiger partial charge in [0.1, 0.15) is 18.5 Å². The van der Waals surface area contributed by atoms with E-state index in [1.165, 1.54) is 0 Å². The van der Waals surface area contributed by atoms with Crippen LogP contribution < -0.4 is 10.1 Å². The molecule has 2 fully saturated rings. The van der Waals surface area contributed by atoms with Gasteiger partial charge < -0.3 is 24.4 Å². The van der Waals surface area contributed by atoms with Crippen molar-refractivity contribution in [1.29, 1.82) is 0 Å². The van der Waals surface area contributed by atoms with Crippen molar-refractivity contribution < 1.29 is 14.2 Å². The Morgan fingerprint density at radius 2 is 2.04 bits per heavy atom. The predicted molar refractivity (Wildman–Crippen MR) is 117 cm³/mol. The average Bonchev–Trinajstić information content (AvgIpc) is 3.18. The summed E-state index contributed by atoms with van der Waals surface area (Å²) in [7, 11) is 1.81. The van der Waals surface area contributed by atoms with E-state index in [0.717, 1.165) is 48.7 Å². The van der Waals surface area contributed by atoms with E-state index in [2.05, 4.69) is 31.1 Å². The van der Waals surface area contributed by atoms with E-state index in [1.54, 1.807) is 0 Å². The molecular formula is C18H27BrIN3O3. The van der Waals surface area contributed by atoms with Crippen LogP contribution in [0.3, 0.4) is 0 Å². The van der Waals surface area contributed by atoms with Crippen molar-refractivity contribution in [2.45, 2.75) is 25.0 Å². The summed E-state index contributed by atoms with van der Waals surface area (Å²) in [4.78, 5) is 6.65. The van der Waals surface area contributed by atoms with E-state index >= 15 is 0 Å². The van der Waals surface area contributed by atoms with Crippen molar-refractivity contribution in [2.75, 3.05) is 46.5 Å². The predicted octanol–water partition coefficient (Wildman–Crippen LogP) is 2.90. The van der Waals surface area contributed by atoms with Gasteiger partial charge in [-0.1, -0.05) is 15.9 Å². The summed E-state index contributed by atoms with van der Waals surface area (Å²) >= 11 is 3.42. The summed E-state index contributed by atoms with van der Waals surface area (Å²) in [6, 6.07) is 7.85. The van der Waals surface area contributed by atoms with Gasteiger partial charge in [0.2, 0.25) is 0 Å². The molecule has 2 unspecified atom stereocenters. The molecule has 3 rings (SSSR count). The van der Waals surface area contributed by atoms with Gasteiger partial charge in [0.15, 0.2) is 5.96 Å². The highest BCUT2D eigenvalue weighted by Gasteiger charge is 2.32. The standard InChI is InChI=1S/C18H26BrN3O3.HI/c1-20-18(21-8-11-23-15-6-4-14(19)5-7-15)22-9-12-25-17(13-22)16-3-2-10-24-16;/h4-7,16-17H,2-3,8-13H2,1H3,(H,20,21);1H. The highest BCUT2D eigenvalue weighted by atomic mass is 127. The SMILES string of the molecule is CN=C(NCCOc1ccc(Br)cc1)N1CCOC(C2CCCO2)C1.I. The minimum Gasteiger partial charge on any atom is -0.492 e. The number of nitrogens with zero attached hydrogens (tertiary/aromatic N) is 2. The number of guanidine groups is 1. The normalized spacial score (nSPS) is 23.5. The maximum atomic E-state index is 5.90. The van der Waals surface area contributed by atoms with Gasteiger partial charge in [-0.05, 0) is 37.1 Å². The molecular weight excluding hydrogens is 513 g/mol. The van der Waals surface area contributed by atoms with Crippen LogP contribution in [0.2, 0.25) is 0 Å². The first-order chi connectivity index (χ1) is 12.3. The summed E-state index contributed by atoms with van der Waals surface area (Å²) < 4.78 is 18.5. The summed E-state index contributed by atoms with van der Waals surface area (Å²) in [6.07, 6.45) is 2.58. The molecule has 2 heterocycles. The molecule has 1 N–H and O–H groups in total. The maximum Gasteiger partial charge on any atom is 0.193 e. The lowest BCUT2D eigenvalue weighted by Gasteiger charge is -2.37. The molecule has 26 heavy (non-hydrogen) atoms. The first-order valence-corrected chi connectivity index (χ1v) is 9.63. The molecule has 2 saturated heterocycles. The van der Waals surface area contributed by atoms with E-state index in [-0.39, 0.29) is 36.2 Å². The number of rotatable bonds is 5. The lowest BCUT2D eigenvalue weighted by atomic mass is 10.1. The zero-order valence-corrected chi connectivity index (χ0v) is 18.9. The van der Waals surface area contributed by atoms with E-state index in [4.69, 9.17) is 14.2 Å². The van der Waals surface area contributed by atoms with Crippen molar-refractivity contribution in [2.24, 2.45) is 4.99 Å². The van der Waals surface area contributed by atoms with Gasteiger partial charge in [0.25, 0.3) is 0 Å². The molecule has 0 saturated carbocycles. The van der Waals surface area contributed by atoms with Crippen molar-refractivity contribution in [1.82, 2.24) is 10.2 Å². The molecule has 2 aliphatic rings. The molecule has 0 aromatic heterocycles. The zero-order valence-electron chi connectivity index (χ0n) is 15.0. The number of hydrogen-bond acceptors (Lipinski definition) is 4. The molecule has 8 heteroatoms. The van der Waals surface area contributed by atoms with Crippen LogP contribution in [0.15, 0.2) is 33.7 Å². The Morgan fingerprint density at radius 1 is 1.27 bits per heavy atom. The number of aliphatic imine (C=N–C) groups is 1. The Balaban J connectivity index is 0.00000243. The Hall–Kier alpha value is -0.580. The van der Waals surface area contributed by atoms with Crippen LogP contribution in [0.4, 0.5) is 0 Å². The molecule has 0 radical (unpaired) electrons. The third-order valence-electron chi connectivity index (χ3n) is 4.45. The van der Waals surface area contributed by atoms with Crippen LogP contribution in [0.25, 0.3) is 0 Å². The second-order valence-electron chi connectivity index (χ2n) is 6.18.